The van der Waals surface area contributed by atoms with E-state index in [-0.39, 0.29) is 5.57 Å². The Kier molecular flexibility index (Phi) is 6.78. The maximum atomic E-state index is 9.60. The van der Waals surface area contributed by atoms with Gasteiger partial charge in [0.05, 0.1) is 0 Å². The van der Waals surface area contributed by atoms with Gasteiger partial charge in [-0.1, -0.05) is 13.2 Å². The molecule has 0 aliphatic heterocycles. The Morgan fingerprint density at radius 1 is 1.54 bits per heavy atom. The molecule has 0 spiro atoms. The highest BCUT2D eigenvalue weighted by Gasteiger charge is 1.96. The van der Waals surface area contributed by atoms with E-state index in [4.69, 9.17) is 9.66 Å². The molecule has 0 aliphatic carbocycles. The lowest BCUT2D eigenvalue weighted by atomic mass is 10.4. The van der Waals surface area contributed by atoms with E-state index in [2.05, 4.69) is 17.3 Å². The molecule has 0 radical (unpaired) electrons. The van der Waals surface area contributed by atoms with Gasteiger partial charge in [0.15, 0.2) is 0 Å². The monoisotopic (exact) mass is 210 g/mol. The number of aliphatic carboxylic acids is 1. The van der Waals surface area contributed by atoms with E-state index in [9.17, 15) is 13.2 Å². The molecule has 0 aliphatic rings. The minimum atomic E-state index is -4.29. The third kappa shape index (κ3) is 18.0. The fourth-order valence-corrected chi connectivity index (χ4v) is 0.258. The predicted molar refractivity (Wildman–Crippen MR) is 45.3 cm³/mol. The smallest absolute Gasteiger partial charge is 0.445 e. The SMILES string of the molecule is C=C(C)C(=O)O.C=COS(=O)(=O)O. The van der Waals surface area contributed by atoms with E-state index in [1.807, 2.05) is 0 Å². The van der Waals surface area contributed by atoms with Crippen molar-refractivity contribution >= 4 is 16.4 Å². The van der Waals surface area contributed by atoms with Crippen LogP contribution < -0.4 is 0 Å². The van der Waals surface area contributed by atoms with Crippen LogP contribution in [0.1, 0.15) is 6.92 Å². The summed E-state index contributed by atoms with van der Waals surface area (Å²) in [6.07, 6.45) is 0.620. The summed E-state index contributed by atoms with van der Waals surface area (Å²) in [5.41, 5.74) is 0.176. The van der Waals surface area contributed by atoms with Crippen molar-refractivity contribution in [3.05, 3.63) is 25.0 Å². The number of carbonyl (C=O) groups is 1. The molecule has 0 saturated heterocycles. The van der Waals surface area contributed by atoms with Gasteiger partial charge in [-0.3, -0.25) is 4.55 Å². The molecule has 0 aromatic carbocycles. The van der Waals surface area contributed by atoms with Crippen LogP contribution in [-0.4, -0.2) is 24.0 Å². The maximum absolute atomic E-state index is 9.60. The largest absolute Gasteiger partial charge is 0.478 e. The summed E-state index contributed by atoms with van der Waals surface area (Å²) in [4.78, 5) is 9.60. The van der Waals surface area contributed by atoms with Gasteiger partial charge in [-0.2, -0.15) is 8.42 Å². The summed E-state index contributed by atoms with van der Waals surface area (Å²) in [5, 5.41) is 7.89. The van der Waals surface area contributed by atoms with Gasteiger partial charge in [0.25, 0.3) is 0 Å². The first-order valence-electron chi connectivity index (χ1n) is 2.86. The van der Waals surface area contributed by atoms with Crippen molar-refractivity contribution in [2.75, 3.05) is 0 Å². The van der Waals surface area contributed by atoms with Crippen molar-refractivity contribution in [1.82, 2.24) is 0 Å². The summed E-state index contributed by atoms with van der Waals surface area (Å²) in [7, 11) is -4.29. The molecule has 6 nitrogen and oxygen atoms in total. The molecule has 0 rings (SSSR count). The highest BCUT2D eigenvalue weighted by Crippen LogP contribution is 1.82. The Hall–Kier alpha value is -1.34. The van der Waals surface area contributed by atoms with Crippen LogP contribution in [0.2, 0.25) is 0 Å². The van der Waals surface area contributed by atoms with Crippen molar-refractivity contribution < 1.29 is 27.1 Å². The number of carboxylic acid groups (broad SMARTS) is 1. The van der Waals surface area contributed by atoms with Gasteiger partial charge in [0, 0.05) is 5.57 Å². The molecule has 7 heteroatoms. The maximum Gasteiger partial charge on any atom is 0.445 e. The molecule has 0 bridgehead atoms. The Bertz CT molecular complexity index is 276. The number of rotatable bonds is 3. The third-order valence-electron chi connectivity index (χ3n) is 0.555. The minimum absolute atomic E-state index is 0.176. The predicted octanol–water partition coefficient (Wildman–Crippen LogP) is 0.596. The van der Waals surface area contributed by atoms with Crippen molar-refractivity contribution in [2.45, 2.75) is 6.92 Å². The lowest BCUT2D eigenvalue weighted by molar-refractivity contribution is -0.132. The zero-order valence-corrected chi connectivity index (χ0v) is 7.74. The van der Waals surface area contributed by atoms with Crippen LogP contribution in [0.5, 0.6) is 0 Å². The molecular formula is C6H10O6S. The molecule has 0 unspecified atom stereocenters. The standard InChI is InChI=1S/C4H6O2.C2H4O4S/c1-3(2)4(5)6;1-2-6-7(3,4)5/h1H2,2H3,(H,5,6);2H,1H2,(H,3,4,5). The molecular weight excluding hydrogens is 200 g/mol. The number of carboxylic acids is 1. The van der Waals surface area contributed by atoms with Crippen molar-refractivity contribution in [1.29, 1.82) is 0 Å². The second kappa shape index (κ2) is 6.21. The minimum Gasteiger partial charge on any atom is -0.478 e. The first-order valence-corrected chi connectivity index (χ1v) is 4.22. The van der Waals surface area contributed by atoms with Crippen LogP contribution in [0.15, 0.2) is 25.0 Å². The average Bonchev–Trinajstić information content (AvgIpc) is 1.85. The molecule has 0 aromatic rings. The van der Waals surface area contributed by atoms with Gasteiger partial charge in [-0.25, -0.2) is 4.79 Å². The molecule has 76 valence electrons. The lowest BCUT2D eigenvalue weighted by Gasteiger charge is -1.86. The van der Waals surface area contributed by atoms with Crippen LogP contribution in [-0.2, 0) is 19.4 Å². The third-order valence-corrected chi connectivity index (χ3v) is 0.934. The van der Waals surface area contributed by atoms with Gasteiger partial charge in [-0.15, -0.1) is 0 Å². The van der Waals surface area contributed by atoms with Crippen LogP contribution in [0.4, 0.5) is 0 Å². The summed E-state index contributed by atoms with van der Waals surface area (Å²) < 4.78 is 30.2. The molecule has 0 amide bonds. The van der Waals surface area contributed by atoms with E-state index in [1.165, 1.54) is 6.92 Å². The summed E-state index contributed by atoms with van der Waals surface area (Å²) >= 11 is 0. The van der Waals surface area contributed by atoms with Crippen LogP contribution in [0.25, 0.3) is 0 Å². The van der Waals surface area contributed by atoms with E-state index >= 15 is 0 Å². The fraction of sp³-hybridized carbons (Fsp3) is 0.167. The van der Waals surface area contributed by atoms with Crippen LogP contribution in [0.3, 0.4) is 0 Å². The second-order valence-corrected chi connectivity index (χ2v) is 2.82. The van der Waals surface area contributed by atoms with E-state index < -0.39 is 16.4 Å². The fourth-order valence-electron chi connectivity index (χ4n) is 0.0860. The lowest BCUT2D eigenvalue weighted by Crippen LogP contribution is -1.96. The Morgan fingerprint density at radius 3 is 1.85 bits per heavy atom. The molecule has 0 saturated carbocycles. The highest BCUT2D eigenvalue weighted by atomic mass is 32.3. The first kappa shape index (κ1) is 14.2. The number of hydrogen-bond donors (Lipinski definition) is 2. The van der Waals surface area contributed by atoms with Gasteiger partial charge in [-0.05, 0) is 6.92 Å². The van der Waals surface area contributed by atoms with Crippen molar-refractivity contribution in [2.24, 2.45) is 0 Å². The molecule has 0 aromatic heterocycles. The number of hydrogen-bond acceptors (Lipinski definition) is 4. The second-order valence-electron chi connectivity index (χ2n) is 1.78. The van der Waals surface area contributed by atoms with E-state index in [0.717, 1.165) is 0 Å². The van der Waals surface area contributed by atoms with Crippen LogP contribution >= 0.6 is 0 Å². The molecule has 0 fully saturated rings. The van der Waals surface area contributed by atoms with Gasteiger partial charge >= 0.3 is 16.4 Å². The Labute approximate surface area is 76.1 Å². The Morgan fingerprint density at radius 2 is 1.85 bits per heavy atom. The van der Waals surface area contributed by atoms with E-state index in [1.54, 1.807) is 0 Å². The molecule has 2 N–H and O–H groups in total. The van der Waals surface area contributed by atoms with E-state index in [0.29, 0.717) is 6.26 Å². The summed E-state index contributed by atoms with van der Waals surface area (Å²) in [6.45, 7) is 7.49. The molecule has 0 atom stereocenters. The average molecular weight is 210 g/mol. The Balaban J connectivity index is 0. The quantitative estimate of drug-likeness (QED) is 0.401. The highest BCUT2D eigenvalue weighted by molar-refractivity contribution is 7.81. The van der Waals surface area contributed by atoms with Crippen molar-refractivity contribution in [3.8, 4) is 0 Å². The zero-order valence-electron chi connectivity index (χ0n) is 6.93. The molecule has 13 heavy (non-hydrogen) atoms. The van der Waals surface area contributed by atoms with Gasteiger partial charge in [0.1, 0.15) is 6.26 Å². The van der Waals surface area contributed by atoms with Gasteiger partial charge in [0.2, 0.25) is 0 Å². The normalized spacial score (nSPS) is 9.08. The first-order chi connectivity index (χ1) is 5.70. The van der Waals surface area contributed by atoms with Crippen LogP contribution in [0, 0.1) is 0 Å². The zero-order chi connectivity index (χ0) is 11.1. The van der Waals surface area contributed by atoms with Crippen molar-refractivity contribution in [3.63, 3.8) is 0 Å². The summed E-state index contributed by atoms with van der Waals surface area (Å²) in [5.74, 6) is -0.935. The van der Waals surface area contributed by atoms with Gasteiger partial charge < -0.3 is 9.29 Å². The topological polar surface area (TPSA) is 101 Å². The molecule has 0 heterocycles. The summed E-state index contributed by atoms with van der Waals surface area (Å²) in [6, 6.07) is 0.